The van der Waals surface area contributed by atoms with Gasteiger partial charge in [-0.25, -0.2) is 0 Å². The van der Waals surface area contributed by atoms with E-state index in [1.807, 2.05) is 0 Å². The minimum atomic E-state index is -0.788. The molecule has 0 saturated carbocycles. The van der Waals surface area contributed by atoms with E-state index in [9.17, 15) is 14.4 Å². The number of esters is 3. The highest BCUT2D eigenvalue weighted by Gasteiger charge is 2.19. The van der Waals surface area contributed by atoms with Crippen LogP contribution in [0.2, 0.25) is 0 Å². The standard InChI is InChI=1S/C54H94O6/c1-4-7-10-13-16-19-22-24-26-28-29-32-35-38-41-44-47-53(56)59-50-51(49-58-52(55)46-43-40-37-34-31-21-18-15-12-9-6-3)60-54(57)48-45-42-39-36-33-30-27-25-23-20-17-14-11-8-5-2/h8,11,14,17,20,23,26,28-29,32,51H,4-7,9-10,12-13,15-16,18-19,21-22,24-25,27,30-31,33-50H2,1-3H3/b11-8-,17-14-,23-20-,28-26-,32-29-. The van der Waals surface area contributed by atoms with E-state index >= 15 is 0 Å². The largest absolute Gasteiger partial charge is 0.462 e. The molecule has 0 amide bonds. The van der Waals surface area contributed by atoms with Crippen molar-refractivity contribution in [3.05, 3.63) is 60.8 Å². The van der Waals surface area contributed by atoms with Crippen LogP contribution in [0, 0.1) is 0 Å². The Bertz CT molecular complexity index is 1100. The summed E-state index contributed by atoms with van der Waals surface area (Å²) in [6.07, 6.45) is 59.1. The molecule has 0 saturated heterocycles. The average Bonchev–Trinajstić information content (AvgIpc) is 3.24. The molecule has 1 atom stereocenters. The Morgan fingerprint density at radius 3 is 1.03 bits per heavy atom. The average molecular weight is 839 g/mol. The van der Waals surface area contributed by atoms with Gasteiger partial charge < -0.3 is 14.2 Å². The monoisotopic (exact) mass is 839 g/mol. The van der Waals surface area contributed by atoms with Crippen molar-refractivity contribution in [1.82, 2.24) is 0 Å². The van der Waals surface area contributed by atoms with Crippen LogP contribution in [-0.4, -0.2) is 37.2 Å². The molecule has 0 fully saturated rings. The number of allylic oxidation sites excluding steroid dienone is 10. The second-order valence-electron chi connectivity index (χ2n) is 16.8. The van der Waals surface area contributed by atoms with Gasteiger partial charge in [0.15, 0.2) is 6.10 Å². The smallest absolute Gasteiger partial charge is 0.306 e. The lowest BCUT2D eigenvalue weighted by atomic mass is 10.1. The Labute approximate surface area is 370 Å². The summed E-state index contributed by atoms with van der Waals surface area (Å²) in [5.41, 5.74) is 0. The number of hydrogen-bond donors (Lipinski definition) is 0. The molecular formula is C54H94O6. The van der Waals surface area contributed by atoms with Crippen molar-refractivity contribution in [2.75, 3.05) is 13.2 Å². The molecule has 6 nitrogen and oxygen atoms in total. The second-order valence-corrected chi connectivity index (χ2v) is 16.8. The molecule has 346 valence electrons. The zero-order valence-electron chi connectivity index (χ0n) is 39.5. The van der Waals surface area contributed by atoms with E-state index in [0.717, 1.165) is 83.5 Å². The molecule has 0 bridgehead atoms. The van der Waals surface area contributed by atoms with Crippen LogP contribution in [0.1, 0.15) is 245 Å². The number of unbranched alkanes of at least 4 members (excludes halogenated alkanes) is 27. The minimum Gasteiger partial charge on any atom is -0.462 e. The number of hydrogen-bond acceptors (Lipinski definition) is 6. The first-order valence-corrected chi connectivity index (χ1v) is 25.3. The highest BCUT2D eigenvalue weighted by atomic mass is 16.6. The first-order chi connectivity index (χ1) is 29.5. The summed E-state index contributed by atoms with van der Waals surface area (Å²) in [6, 6.07) is 0. The Kier molecular flexibility index (Phi) is 46.4. The normalized spacial score (nSPS) is 12.5. The molecule has 0 rings (SSSR count). The van der Waals surface area contributed by atoms with Gasteiger partial charge in [-0.3, -0.25) is 14.4 Å². The number of carbonyl (C=O) groups excluding carboxylic acids is 3. The van der Waals surface area contributed by atoms with Gasteiger partial charge in [0, 0.05) is 19.3 Å². The fourth-order valence-corrected chi connectivity index (χ4v) is 7.02. The van der Waals surface area contributed by atoms with Gasteiger partial charge in [0.1, 0.15) is 13.2 Å². The summed E-state index contributed by atoms with van der Waals surface area (Å²) >= 11 is 0. The van der Waals surface area contributed by atoms with Gasteiger partial charge in [-0.2, -0.15) is 0 Å². The quantitative estimate of drug-likeness (QED) is 0.0263. The fourth-order valence-electron chi connectivity index (χ4n) is 7.02. The molecule has 0 spiro atoms. The maximum atomic E-state index is 12.8. The molecule has 0 N–H and O–H groups in total. The summed E-state index contributed by atoms with van der Waals surface area (Å²) in [5, 5.41) is 0. The van der Waals surface area contributed by atoms with Crippen LogP contribution >= 0.6 is 0 Å². The van der Waals surface area contributed by atoms with E-state index < -0.39 is 6.10 Å². The van der Waals surface area contributed by atoms with Crippen LogP contribution in [0.15, 0.2) is 60.8 Å². The predicted octanol–water partition coefficient (Wildman–Crippen LogP) is 16.5. The molecule has 0 aromatic heterocycles. The fraction of sp³-hybridized carbons (Fsp3) is 0.759. The summed E-state index contributed by atoms with van der Waals surface area (Å²) in [4.78, 5) is 37.9. The highest BCUT2D eigenvalue weighted by Crippen LogP contribution is 2.15. The third kappa shape index (κ3) is 46.2. The molecule has 0 aliphatic rings. The summed E-state index contributed by atoms with van der Waals surface area (Å²) in [7, 11) is 0. The van der Waals surface area contributed by atoms with Gasteiger partial charge in [0.05, 0.1) is 0 Å². The number of carbonyl (C=O) groups is 3. The van der Waals surface area contributed by atoms with Gasteiger partial charge in [0.25, 0.3) is 0 Å². The Morgan fingerprint density at radius 2 is 0.650 bits per heavy atom. The predicted molar refractivity (Wildman–Crippen MR) is 256 cm³/mol. The van der Waals surface area contributed by atoms with Crippen molar-refractivity contribution in [1.29, 1.82) is 0 Å². The summed E-state index contributed by atoms with van der Waals surface area (Å²) < 4.78 is 16.7. The van der Waals surface area contributed by atoms with Gasteiger partial charge >= 0.3 is 17.9 Å². The van der Waals surface area contributed by atoms with Crippen molar-refractivity contribution in [3.8, 4) is 0 Å². The van der Waals surface area contributed by atoms with Gasteiger partial charge in [-0.05, 0) is 64.2 Å². The third-order valence-electron chi connectivity index (χ3n) is 10.8. The first kappa shape index (κ1) is 57.1. The molecule has 0 aromatic carbocycles. The van der Waals surface area contributed by atoms with Crippen LogP contribution in [0.25, 0.3) is 0 Å². The molecule has 60 heavy (non-hydrogen) atoms. The van der Waals surface area contributed by atoms with Crippen LogP contribution < -0.4 is 0 Å². The highest BCUT2D eigenvalue weighted by molar-refractivity contribution is 5.71. The van der Waals surface area contributed by atoms with Gasteiger partial charge in [-0.15, -0.1) is 0 Å². The van der Waals surface area contributed by atoms with E-state index in [0.29, 0.717) is 19.3 Å². The maximum absolute atomic E-state index is 12.8. The third-order valence-corrected chi connectivity index (χ3v) is 10.8. The molecule has 0 aliphatic heterocycles. The van der Waals surface area contributed by atoms with E-state index in [-0.39, 0.29) is 31.1 Å². The van der Waals surface area contributed by atoms with Crippen molar-refractivity contribution in [2.24, 2.45) is 0 Å². The van der Waals surface area contributed by atoms with E-state index in [2.05, 4.69) is 81.5 Å². The Hall–Kier alpha value is -2.89. The second kappa shape index (κ2) is 48.8. The first-order valence-electron chi connectivity index (χ1n) is 25.3. The van der Waals surface area contributed by atoms with Crippen molar-refractivity contribution in [2.45, 2.75) is 252 Å². The molecule has 0 heterocycles. The van der Waals surface area contributed by atoms with Crippen LogP contribution in [0.3, 0.4) is 0 Å². The zero-order chi connectivity index (χ0) is 43.7. The number of rotatable bonds is 45. The topological polar surface area (TPSA) is 78.9 Å². The molecule has 0 aromatic rings. The van der Waals surface area contributed by atoms with E-state index in [1.54, 1.807) is 0 Å². The number of ether oxygens (including phenoxy) is 3. The van der Waals surface area contributed by atoms with Crippen LogP contribution in [-0.2, 0) is 28.6 Å². The molecule has 0 aliphatic carbocycles. The molecule has 6 heteroatoms. The van der Waals surface area contributed by atoms with E-state index in [4.69, 9.17) is 14.2 Å². The van der Waals surface area contributed by atoms with Crippen LogP contribution in [0.5, 0.6) is 0 Å². The maximum Gasteiger partial charge on any atom is 0.306 e. The van der Waals surface area contributed by atoms with Gasteiger partial charge in [-0.1, -0.05) is 223 Å². The zero-order valence-corrected chi connectivity index (χ0v) is 39.5. The lowest BCUT2D eigenvalue weighted by Crippen LogP contribution is -2.30. The van der Waals surface area contributed by atoms with Gasteiger partial charge in [0.2, 0.25) is 0 Å². The van der Waals surface area contributed by atoms with Crippen molar-refractivity contribution >= 4 is 17.9 Å². The lowest BCUT2D eigenvalue weighted by Gasteiger charge is -2.18. The minimum absolute atomic E-state index is 0.0862. The van der Waals surface area contributed by atoms with Crippen molar-refractivity contribution < 1.29 is 28.6 Å². The molecule has 1 unspecified atom stereocenters. The van der Waals surface area contributed by atoms with Crippen molar-refractivity contribution in [3.63, 3.8) is 0 Å². The molecular weight excluding hydrogens is 745 g/mol. The molecule has 0 radical (unpaired) electrons. The van der Waals surface area contributed by atoms with Crippen LogP contribution in [0.4, 0.5) is 0 Å². The summed E-state index contributed by atoms with van der Waals surface area (Å²) in [6.45, 7) is 6.47. The Morgan fingerprint density at radius 1 is 0.350 bits per heavy atom. The van der Waals surface area contributed by atoms with E-state index in [1.165, 1.54) is 122 Å². The summed E-state index contributed by atoms with van der Waals surface area (Å²) in [5.74, 6) is -0.923. The SMILES string of the molecule is CC\C=C/C=C\C=C/CCCCCCCCCC(=O)OC(COC(=O)CCCCC/C=C\C=C/CCCCCCCCC)COC(=O)CCCCCCCCCCCCC. The Balaban J connectivity index is 4.42. The lowest BCUT2D eigenvalue weighted by molar-refractivity contribution is -0.167.